The van der Waals surface area contributed by atoms with Crippen molar-refractivity contribution < 1.29 is 18.3 Å². The summed E-state index contributed by atoms with van der Waals surface area (Å²) in [6, 6.07) is 4.87. The highest BCUT2D eigenvalue weighted by Crippen LogP contribution is 2.22. The third-order valence-electron chi connectivity index (χ3n) is 2.51. The lowest BCUT2D eigenvalue weighted by molar-refractivity contribution is 0.0987. The third-order valence-corrected chi connectivity index (χ3v) is 2.51. The van der Waals surface area contributed by atoms with E-state index in [0.717, 1.165) is 12.1 Å². The van der Waals surface area contributed by atoms with E-state index >= 15 is 0 Å². The van der Waals surface area contributed by atoms with Crippen LogP contribution < -0.4 is 4.74 Å². The zero-order valence-corrected chi connectivity index (χ0v) is 10.1. The Hall–Kier alpha value is -2.37. The van der Waals surface area contributed by atoms with Crippen molar-refractivity contribution >= 4 is 5.78 Å². The predicted octanol–water partition coefficient (Wildman–Crippen LogP) is 2.19. The van der Waals surface area contributed by atoms with Gasteiger partial charge in [0.05, 0.1) is 24.8 Å². The number of hydrogen-bond acceptors (Lipinski definition) is 4. The maximum atomic E-state index is 13.7. The predicted molar refractivity (Wildman–Crippen MR) is 63.0 cm³/mol. The van der Waals surface area contributed by atoms with Crippen molar-refractivity contribution in [3.05, 3.63) is 53.4 Å². The van der Waals surface area contributed by atoms with Crippen LogP contribution in [0, 0.1) is 11.6 Å². The number of aromatic nitrogens is 2. The van der Waals surface area contributed by atoms with Gasteiger partial charge in [-0.15, -0.1) is 0 Å². The highest BCUT2D eigenvalue weighted by Gasteiger charge is 2.17. The molecule has 0 bridgehead atoms. The minimum Gasteiger partial charge on any atom is -0.494 e. The monoisotopic (exact) mass is 264 g/mol. The zero-order chi connectivity index (χ0) is 13.8. The highest BCUT2D eigenvalue weighted by atomic mass is 19.1. The molecule has 0 aliphatic carbocycles. The quantitative estimate of drug-likeness (QED) is 0.794. The molecule has 1 heterocycles. The Kier molecular flexibility index (Phi) is 3.79. The van der Waals surface area contributed by atoms with E-state index in [0.29, 0.717) is 5.69 Å². The number of nitrogens with zero attached hydrogens (tertiary/aromatic N) is 2. The van der Waals surface area contributed by atoms with Gasteiger partial charge < -0.3 is 4.74 Å². The van der Waals surface area contributed by atoms with Gasteiger partial charge in [0.25, 0.3) is 0 Å². The molecule has 0 aliphatic heterocycles. The second kappa shape index (κ2) is 5.51. The van der Waals surface area contributed by atoms with Crippen molar-refractivity contribution in [3.63, 3.8) is 0 Å². The second-order valence-corrected chi connectivity index (χ2v) is 3.78. The van der Waals surface area contributed by atoms with E-state index in [1.54, 1.807) is 12.1 Å². The zero-order valence-electron chi connectivity index (χ0n) is 10.1. The van der Waals surface area contributed by atoms with Gasteiger partial charge in [-0.05, 0) is 18.2 Å². The van der Waals surface area contributed by atoms with Crippen molar-refractivity contribution in [3.8, 4) is 5.75 Å². The molecule has 0 saturated carbocycles. The molecule has 4 nitrogen and oxygen atoms in total. The molecule has 0 atom stereocenters. The van der Waals surface area contributed by atoms with E-state index in [4.69, 9.17) is 0 Å². The molecule has 1 aromatic heterocycles. The van der Waals surface area contributed by atoms with E-state index in [1.807, 2.05) is 0 Å². The number of carbonyl (C=O) groups excluding carboxylic acids is 1. The van der Waals surface area contributed by atoms with Gasteiger partial charge in [-0.3, -0.25) is 4.79 Å². The summed E-state index contributed by atoms with van der Waals surface area (Å²) in [5.74, 6) is -2.42. The fourth-order valence-electron chi connectivity index (χ4n) is 1.59. The van der Waals surface area contributed by atoms with Gasteiger partial charge in [0, 0.05) is 12.3 Å². The van der Waals surface area contributed by atoms with Crippen molar-refractivity contribution in [1.82, 2.24) is 10.2 Å². The summed E-state index contributed by atoms with van der Waals surface area (Å²) in [7, 11) is 1.22. The highest BCUT2D eigenvalue weighted by molar-refractivity contribution is 5.97. The van der Waals surface area contributed by atoms with Crippen LogP contribution in [-0.4, -0.2) is 23.1 Å². The molecule has 19 heavy (non-hydrogen) atoms. The van der Waals surface area contributed by atoms with Crippen LogP contribution in [0.2, 0.25) is 0 Å². The number of ether oxygens (including phenoxy) is 1. The third kappa shape index (κ3) is 2.90. The fraction of sp³-hybridized carbons (Fsp3) is 0.154. The number of ketones is 1. The number of hydrogen-bond donors (Lipinski definition) is 0. The Morgan fingerprint density at radius 2 is 2.11 bits per heavy atom. The number of carbonyl (C=O) groups is 1. The summed E-state index contributed by atoms with van der Waals surface area (Å²) >= 11 is 0. The van der Waals surface area contributed by atoms with Gasteiger partial charge in [-0.25, -0.2) is 8.78 Å². The van der Waals surface area contributed by atoms with Crippen LogP contribution in [0.1, 0.15) is 16.1 Å². The van der Waals surface area contributed by atoms with Crippen molar-refractivity contribution in [1.29, 1.82) is 0 Å². The van der Waals surface area contributed by atoms with Gasteiger partial charge in [0.2, 0.25) is 0 Å². The number of Topliss-reactive ketones (excluding diaryl/α,β-unsaturated/α-hetero) is 1. The first-order valence-corrected chi connectivity index (χ1v) is 5.44. The summed E-state index contributed by atoms with van der Waals surface area (Å²) in [4.78, 5) is 11.9. The minimum atomic E-state index is -0.827. The Labute approximate surface area is 108 Å². The summed E-state index contributed by atoms with van der Waals surface area (Å²) in [5, 5.41) is 7.33. The topological polar surface area (TPSA) is 52.1 Å². The molecule has 0 N–H and O–H groups in total. The lowest BCUT2D eigenvalue weighted by Gasteiger charge is -2.06. The Morgan fingerprint density at radius 1 is 1.32 bits per heavy atom. The standard InChI is InChI=1S/C13H10F2N2O2/c1-19-13-7-10(14)9(6-11(13)15)12(18)5-8-3-2-4-16-17-8/h2-4,6-7H,5H2,1H3. The lowest BCUT2D eigenvalue weighted by atomic mass is 10.1. The van der Waals surface area contributed by atoms with Crippen LogP contribution >= 0.6 is 0 Å². The summed E-state index contributed by atoms with van der Waals surface area (Å²) in [6.07, 6.45) is 1.32. The van der Waals surface area contributed by atoms with Gasteiger partial charge >= 0.3 is 0 Å². The number of methoxy groups -OCH3 is 1. The van der Waals surface area contributed by atoms with Crippen LogP contribution in [0.25, 0.3) is 0 Å². The fourth-order valence-corrected chi connectivity index (χ4v) is 1.59. The number of halogens is 2. The van der Waals surface area contributed by atoms with Gasteiger partial charge in [0.1, 0.15) is 5.82 Å². The number of benzene rings is 1. The van der Waals surface area contributed by atoms with E-state index in [9.17, 15) is 13.6 Å². The molecule has 98 valence electrons. The van der Waals surface area contributed by atoms with Crippen molar-refractivity contribution in [2.75, 3.05) is 7.11 Å². The second-order valence-electron chi connectivity index (χ2n) is 3.78. The lowest BCUT2D eigenvalue weighted by Crippen LogP contribution is -2.09. The summed E-state index contributed by atoms with van der Waals surface area (Å²) in [6.45, 7) is 0. The summed E-state index contributed by atoms with van der Waals surface area (Å²) < 4.78 is 31.8. The van der Waals surface area contributed by atoms with E-state index < -0.39 is 17.4 Å². The molecule has 0 radical (unpaired) electrons. The van der Waals surface area contributed by atoms with Crippen LogP contribution in [0.15, 0.2) is 30.5 Å². The first-order chi connectivity index (χ1) is 9.11. The van der Waals surface area contributed by atoms with Crippen molar-refractivity contribution in [2.45, 2.75) is 6.42 Å². The largest absolute Gasteiger partial charge is 0.494 e. The summed E-state index contributed by atoms with van der Waals surface area (Å²) in [5.41, 5.74) is 0.0621. The molecule has 0 fully saturated rings. The first-order valence-electron chi connectivity index (χ1n) is 5.44. The molecular formula is C13H10F2N2O2. The van der Waals surface area contributed by atoms with Gasteiger partial charge in [-0.2, -0.15) is 10.2 Å². The van der Waals surface area contributed by atoms with Crippen molar-refractivity contribution in [2.24, 2.45) is 0 Å². The molecule has 2 aromatic rings. The molecule has 0 aliphatic rings. The van der Waals surface area contributed by atoms with Gasteiger partial charge in [0.15, 0.2) is 17.3 Å². The molecule has 0 amide bonds. The molecule has 0 spiro atoms. The van der Waals surface area contributed by atoms with E-state index in [1.165, 1.54) is 13.3 Å². The maximum absolute atomic E-state index is 13.7. The maximum Gasteiger partial charge on any atom is 0.171 e. The molecule has 0 saturated heterocycles. The van der Waals surface area contributed by atoms with Crippen LogP contribution in [-0.2, 0) is 6.42 Å². The average Bonchev–Trinajstić information content (AvgIpc) is 2.42. The van der Waals surface area contributed by atoms with Crippen LogP contribution in [0.4, 0.5) is 8.78 Å². The molecule has 1 aromatic carbocycles. The Morgan fingerprint density at radius 3 is 2.74 bits per heavy atom. The van der Waals surface area contributed by atoms with E-state index in [-0.39, 0.29) is 17.7 Å². The molecular weight excluding hydrogens is 254 g/mol. The van der Waals surface area contributed by atoms with E-state index in [2.05, 4.69) is 14.9 Å². The number of rotatable bonds is 4. The van der Waals surface area contributed by atoms with Crippen LogP contribution in [0.5, 0.6) is 5.75 Å². The van der Waals surface area contributed by atoms with Crippen LogP contribution in [0.3, 0.4) is 0 Å². The molecule has 6 heteroatoms. The minimum absolute atomic E-state index is 0.142. The smallest absolute Gasteiger partial charge is 0.171 e. The average molecular weight is 264 g/mol. The molecule has 2 rings (SSSR count). The first kappa shape index (κ1) is 13.1. The molecule has 0 unspecified atom stereocenters. The Bertz CT molecular complexity index is 603. The Balaban J connectivity index is 2.27. The SMILES string of the molecule is COc1cc(F)c(C(=O)Cc2cccnn2)cc1F. The normalized spacial score (nSPS) is 10.3. The van der Waals surface area contributed by atoms with Gasteiger partial charge in [-0.1, -0.05) is 0 Å².